The molecule has 8 nitrogen and oxygen atoms in total. The van der Waals surface area contributed by atoms with Crippen molar-refractivity contribution in [2.24, 2.45) is 0 Å². The highest BCUT2D eigenvalue weighted by molar-refractivity contribution is 5.71. The van der Waals surface area contributed by atoms with E-state index >= 15 is 0 Å². The Hall–Kier alpha value is -1.22. The summed E-state index contributed by atoms with van der Waals surface area (Å²) in [5.74, 6) is -1.21. The van der Waals surface area contributed by atoms with Gasteiger partial charge in [-0.15, -0.1) is 0 Å². The fourth-order valence-corrected chi connectivity index (χ4v) is 2.14. The van der Waals surface area contributed by atoms with Crippen LogP contribution in [0.3, 0.4) is 0 Å². The third kappa shape index (κ3) is 31.5. The van der Waals surface area contributed by atoms with Crippen LogP contribution in [0.1, 0.15) is 73.1 Å². The Bertz CT molecular complexity index is 393. The van der Waals surface area contributed by atoms with E-state index in [0.29, 0.717) is 13.2 Å². The SMILES string of the molecule is CCOCCCCCOCC(=O)O.CCOCCCCCOCC(=O)OC(C)(C)C. The highest BCUT2D eigenvalue weighted by Crippen LogP contribution is 2.07. The summed E-state index contributed by atoms with van der Waals surface area (Å²) in [6.45, 7) is 13.6. The van der Waals surface area contributed by atoms with Crippen molar-refractivity contribution >= 4 is 11.9 Å². The number of rotatable bonds is 18. The fourth-order valence-electron chi connectivity index (χ4n) is 2.14. The number of carbonyl (C=O) groups excluding carboxylic acids is 1. The first kappa shape index (κ1) is 31.0. The fraction of sp³-hybridized carbons (Fsp3) is 0.909. The van der Waals surface area contributed by atoms with Gasteiger partial charge >= 0.3 is 11.9 Å². The predicted octanol–water partition coefficient (Wildman–Crippen LogP) is 3.85. The lowest BCUT2D eigenvalue weighted by molar-refractivity contribution is -0.160. The van der Waals surface area contributed by atoms with E-state index in [-0.39, 0.29) is 19.2 Å². The summed E-state index contributed by atoms with van der Waals surface area (Å²) in [7, 11) is 0. The molecular formula is C22H44O8. The van der Waals surface area contributed by atoms with E-state index in [0.717, 1.165) is 65.0 Å². The van der Waals surface area contributed by atoms with Crippen molar-refractivity contribution in [3.05, 3.63) is 0 Å². The number of unbranched alkanes of at least 4 members (excludes halogenated alkanes) is 4. The van der Waals surface area contributed by atoms with Crippen LogP contribution < -0.4 is 0 Å². The Balaban J connectivity index is 0. The molecule has 180 valence electrons. The zero-order valence-corrected chi connectivity index (χ0v) is 19.7. The van der Waals surface area contributed by atoms with Gasteiger partial charge in [-0.25, -0.2) is 9.59 Å². The quantitative estimate of drug-likeness (QED) is 0.255. The molecule has 0 radical (unpaired) electrons. The molecule has 0 saturated heterocycles. The van der Waals surface area contributed by atoms with Crippen LogP contribution in [0.25, 0.3) is 0 Å². The van der Waals surface area contributed by atoms with Crippen LogP contribution in [0.2, 0.25) is 0 Å². The number of hydrogen-bond donors (Lipinski definition) is 1. The molecule has 0 aliphatic rings. The van der Waals surface area contributed by atoms with Gasteiger partial charge in [-0.05, 0) is 73.1 Å². The van der Waals surface area contributed by atoms with Crippen LogP contribution in [0, 0.1) is 0 Å². The molecule has 0 aromatic carbocycles. The van der Waals surface area contributed by atoms with Gasteiger partial charge in [-0.2, -0.15) is 0 Å². The Morgan fingerprint density at radius 1 is 0.667 bits per heavy atom. The van der Waals surface area contributed by atoms with E-state index in [2.05, 4.69) is 0 Å². The smallest absolute Gasteiger partial charge is 0.332 e. The van der Waals surface area contributed by atoms with Crippen LogP contribution in [0.4, 0.5) is 0 Å². The summed E-state index contributed by atoms with van der Waals surface area (Å²) in [4.78, 5) is 21.3. The van der Waals surface area contributed by atoms with E-state index in [9.17, 15) is 9.59 Å². The number of aliphatic carboxylic acids is 1. The van der Waals surface area contributed by atoms with Crippen LogP contribution in [-0.2, 0) is 33.3 Å². The first-order valence-corrected chi connectivity index (χ1v) is 11.0. The molecule has 0 rings (SSSR count). The Kier molecular flexibility index (Phi) is 23.2. The van der Waals surface area contributed by atoms with Crippen LogP contribution in [0.5, 0.6) is 0 Å². The summed E-state index contributed by atoms with van der Waals surface area (Å²) in [6, 6.07) is 0. The summed E-state index contributed by atoms with van der Waals surface area (Å²) < 4.78 is 25.6. The maximum atomic E-state index is 11.3. The topological polar surface area (TPSA) is 101 Å². The van der Waals surface area contributed by atoms with Crippen LogP contribution in [0.15, 0.2) is 0 Å². The van der Waals surface area contributed by atoms with Gasteiger partial charge in [0.25, 0.3) is 0 Å². The molecule has 30 heavy (non-hydrogen) atoms. The molecule has 0 aliphatic heterocycles. The molecule has 0 heterocycles. The molecule has 0 fully saturated rings. The van der Waals surface area contributed by atoms with Crippen molar-refractivity contribution in [3.63, 3.8) is 0 Å². The lowest BCUT2D eigenvalue weighted by atomic mass is 10.2. The molecule has 0 aromatic rings. The average Bonchev–Trinajstić information content (AvgIpc) is 2.65. The lowest BCUT2D eigenvalue weighted by Crippen LogP contribution is -2.26. The van der Waals surface area contributed by atoms with Crippen molar-refractivity contribution in [2.45, 2.75) is 78.7 Å². The van der Waals surface area contributed by atoms with E-state index < -0.39 is 11.6 Å². The molecule has 0 saturated carbocycles. The lowest BCUT2D eigenvalue weighted by Gasteiger charge is -2.19. The van der Waals surface area contributed by atoms with E-state index in [1.165, 1.54) is 0 Å². The van der Waals surface area contributed by atoms with Crippen molar-refractivity contribution in [1.29, 1.82) is 0 Å². The minimum atomic E-state index is -0.908. The number of hydrogen-bond acceptors (Lipinski definition) is 7. The molecule has 0 atom stereocenters. The first-order chi connectivity index (χ1) is 14.2. The van der Waals surface area contributed by atoms with Gasteiger partial charge in [0.05, 0.1) is 0 Å². The van der Waals surface area contributed by atoms with Crippen LogP contribution in [-0.4, -0.2) is 75.5 Å². The van der Waals surface area contributed by atoms with Gasteiger partial charge < -0.3 is 28.8 Å². The second-order valence-corrected chi connectivity index (χ2v) is 7.60. The maximum Gasteiger partial charge on any atom is 0.332 e. The number of carboxylic acids is 1. The van der Waals surface area contributed by atoms with Crippen molar-refractivity contribution in [3.8, 4) is 0 Å². The molecule has 1 N–H and O–H groups in total. The zero-order chi connectivity index (χ0) is 23.1. The standard InChI is InChI=1S/C13H26O4.C9H18O4/c1-5-15-9-7-6-8-10-16-11-12(14)17-13(2,3)4;1-2-12-6-4-3-5-7-13-8-9(10)11/h5-11H2,1-4H3;2-8H2,1H3,(H,10,11). The first-order valence-electron chi connectivity index (χ1n) is 11.0. The van der Waals surface area contributed by atoms with Gasteiger partial charge in [0.1, 0.15) is 18.8 Å². The Morgan fingerprint density at radius 3 is 1.43 bits per heavy atom. The van der Waals surface area contributed by atoms with Crippen molar-refractivity contribution in [2.75, 3.05) is 52.9 Å². The zero-order valence-electron chi connectivity index (χ0n) is 19.7. The van der Waals surface area contributed by atoms with Gasteiger partial charge in [0.15, 0.2) is 0 Å². The maximum absolute atomic E-state index is 11.3. The number of ether oxygens (including phenoxy) is 5. The number of carboxylic acid groups (broad SMARTS) is 1. The largest absolute Gasteiger partial charge is 0.480 e. The molecular weight excluding hydrogens is 392 g/mol. The van der Waals surface area contributed by atoms with E-state index in [4.69, 9.17) is 28.8 Å². The third-order valence-corrected chi connectivity index (χ3v) is 3.43. The van der Waals surface area contributed by atoms with Gasteiger partial charge in [0, 0.05) is 39.6 Å². The second kappa shape index (κ2) is 22.5. The highest BCUT2D eigenvalue weighted by Gasteiger charge is 2.15. The monoisotopic (exact) mass is 436 g/mol. The molecule has 0 amide bonds. The molecule has 8 heteroatoms. The van der Waals surface area contributed by atoms with E-state index in [1.54, 1.807) is 0 Å². The minimum Gasteiger partial charge on any atom is -0.480 e. The van der Waals surface area contributed by atoms with Crippen LogP contribution >= 0.6 is 0 Å². The third-order valence-electron chi connectivity index (χ3n) is 3.43. The summed E-state index contributed by atoms with van der Waals surface area (Å²) in [6.07, 6.45) is 6.01. The average molecular weight is 437 g/mol. The van der Waals surface area contributed by atoms with Gasteiger partial charge in [-0.3, -0.25) is 0 Å². The summed E-state index contributed by atoms with van der Waals surface area (Å²) >= 11 is 0. The summed E-state index contributed by atoms with van der Waals surface area (Å²) in [5, 5.41) is 8.24. The van der Waals surface area contributed by atoms with E-state index in [1.807, 2.05) is 34.6 Å². The van der Waals surface area contributed by atoms with Gasteiger partial charge in [0.2, 0.25) is 0 Å². The molecule has 0 unspecified atom stereocenters. The summed E-state index contributed by atoms with van der Waals surface area (Å²) in [5.41, 5.74) is -0.433. The molecule has 0 spiro atoms. The predicted molar refractivity (Wildman–Crippen MR) is 116 cm³/mol. The minimum absolute atomic E-state index is 0.0444. The molecule has 0 aromatic heterocycles. The molecule has 0 bridgehead atoms. The number of esters is 1. The Labute approximate surface area is 182 Å². The second-order valence-electron chi connectivity index (χ2n) is 7.60. The van der Waals surface area contributed by atoms with Crippen molar-refractivity contribution in [1.82, 2.24) is 0 Å². The van der Waals surface area contributed by atoms with Crippen molar-refractivity contribution < 1.29 is 38.4 Å². The van der Waals surface area contributed by atoms with Gasteiger partial charge in [-0.1, -0.05) is 0 Å². The Morgan fingerprint density at radius 2 is 1.07 bits per heavy atom. The number of carbonyl (C=O) groups is 2. The molecule has 0 aliphatic carbocycles. The normalized spacial score (nSPS) is 11.0. The highest BCUT2D eigenvalue weighted by atomic mass is 16.6.